The molecule has 0 amide bonds. The molecule has 0 spiro atoms. The monoisotopic (exact) mass is 237 g/mol. The molecule has 0 bridgehead atoms. The number of hydrogen-bond acceptors (Lipinski definition) is 3. The van der Waals surface area contributed by atoms with E-state index in [-0.39, 0.29) is 0 Å². The number of benzene rings is 1. The van der Waals surface area contributed by atoms with Gasteiger partial charge in [-0.2, -0.15) is 0 Å². The van der Waals surface area contributed by atoms with E-state index in [0.29, 0.717) is 0 Å². The largest absolute Gasteiger partial charge is 0.381 e. The molecule has 3 heteroatoms. The summed E-state index contributed by atoms with van der Waals surface area (Å²) >= 11 is 1.98. The zero-order valence-electron chi connectivity index (χ0n) is 9.52. The summed E-state index contributed by atoms with van der Waals surface area (Å²) in [6.07, 6.45) is 3.33. The minimum Gasteiger partial charge on any atom is -0.381 e. The molecule has 1 aliphatic heterocycles. The van der Waals surface area contributed by atoms with Gasteiger partial charge >= 0.3 is 0 Å². The second-order valence-electron chi connectivity index (χ2n) is 4.11. The molecule has 1 aromatic carbocycles. The van der Waals surface area contributed by atoms with Gasteiger partial charge in [0, 0.05) is 23.4 Å². The Morgan fingerprint density at radius 2 is 1.88 bits per heavy atom. The van der Waals surface area contributed by atoms with Crippen LogP contribution >= 0.6 is 11.8 Å². The van der Waals surface area contributed by atoms with Crippen molar-refractivity contribution < 1.29 is 4.74 Å². The van der Waals surface area contributed by atoms with E-state index in [1.165, 1.54) is 23.3 Å². The fourth-order valence-corrected chi connectivity index (χ4v) is 2.99. The van der Waals surface area contributed by atoms with Crippen molar-refractivity contribution in [2.24, 2.45) is 5.73 Å². The third-order valence-corrected chi connectivity index (χ3v) is 4.18. The summed E-state index contributed by atoms with van der Waals surface area (Å²) in [5.41, 5.74) is 6.86. The third-order valence-electron chi connectivity index (χ3n) is 2.83. The predicted octanol–water partition coefficient (Wildman–Crippen LogP) is 2.46. The summed E-state index contributed by atoms with van der Waals surface area (Å²) < 4.78 is 5.36. The summed E-state index contributed by atoms with van der Waals surface area (Å²) in [5.74, 6) is 0. The molecular weight excluding hydrogens is 218 g/mol. The zero-order chi connectivity index (χ0) is 11.2. The normalized spacial score (nSPS) is 17.6. The quantitative estimate of drug-likeness (QED) is 0.873. The molecule has 1 heterocycles. The van der Waals surface area contributed by atoms with Crippen molar-refractivity contribution in [1.82, 2.24) is 0 Å². The standard InChI is InChI=1S/C13H19NOS/c14-8-5-11-1-3-12(4-2-11)16-13-6-9-15-10-7-13/h1-4,13H,5-10,14H2. The van der Waals surface area contributed by atoms with Gasteiger partial charge in [0.1, 0.15) is 0 Å². The second-order valence-corrected chi connectivity index (χ2v) is 5.49. The number of hydrogen-bond donors (Lipinski definition) is 1. The van der Waals surface area contributed by atoms with Crippen LogP contribution in [-0.2, 0) is 11.2 Å². The molecule has 88 valence electrons. The molecule has 1 aromatic rings. The summed E-state index contributed by atoms with van der Waals surface area (Å²) in [5, 5.41) is 0.731. The number of nitrogens with two attached hydrogens (primary N) is 1. The Morgan fingerprint density at radius 1 is 1.19 bits per heavy atom. The summed E-state index contributed by atoms with van der Waals surface area (Å²) in [7, 11) is 0. The van der Waals surface area contributed by atoms with Crippen LogP contribution < -0.4 is 5.73 Å². The summed E-state index contributed by atoms with van der Waals surface area (Å²) in [6, 6.07) is 8.80. The molecule has 0 atom stereocenters. The van der Waals surface area contributed by atoms with Crippen molar-refractivity contribution in [2.75, 3.05) is 19.8 Å². The Hall–Kier alpha value is -0.510. The molecule has 1 aliphatic rings. The highest BCUT2D eigenvalue weighted by Gasteiger charge is 2.14. The maximum Gasteiger partial charge on any atom is 0.0476 e. The number of ether oxygens (including phenoxy) is 1. The lowest BCUT2D eigenvalue weighted by Gasteiger charge is -2.21. The molecule has 2 rings (SSSR count). The van der Waals surface area contributed by atoms with Crippen LogP contribution in [-0.4, -0.2) is 25.0 Å². The fraction of sp³-hybridized carbons (Fsp3) is 0.538. The Morgan fingerprint density at radius 3 is 2.50 bits per heavy atom. The first kappa shape index (κ1) is 12.0. The summed E-state index contributed by atoms with van der Waals surface area (Å²) in [4.78, 5) is 1.37. The van der Waals surface area contributed by atoms with Crippen LogP contribution in [0.5, 0.6) is 0 Å². The van der Waals surface area contributed by atoms with E-state index in [1.54, 1.807) is 0 Å². The van der Waals surface area contributed by atoms with Crippen LogP contribution in [0.3, 0.4) is 0 Å². The van der Waals surface area contributed by atoms with Gasteiger partial charge in [0.05, 0.1) is 0 Å². The van der Waals surface area contributed by atoms with Crippen molar-refractivity contribution >= 4 is 11.8 Å². The van der Waals surface area contributed by atoms with Gasteiger partial charge < -0.3 is 10.5 Å². The average molecular weight is 237 g/mol. The number of rotatable bonds is 4. The SMILES string of the molecule is NCCc1ccc(SC2CCOCC2)cc1. The first-order chi connectivity index (χ1) is 7.88. The third kappa shape index (κ3) is 3.51. The molecule has 0 unspecified atom stereocenters. The van der Waals surface area contributed by atoms with Crippen LogP contribution in [0.4, 0.5) is 0 Å². The molecular formula is C13H19NOS. The minimum atomic E-state index is 0.729. The predicted molar refractivity (Wildman–Crippen MR) is 68.9 cm³/mol. The molecule has 0 radical (unpaired) electrons. The average Bonchev–Trinajstić information content (AvgIpc) is 2.33. The van der Waals surface area contributed by atoms with E-state index in [9.17, 15) is 0 Å². The van der Waals surface area contributed by atoms with Crippen LogP contribution in [0.15, 0.2) is 29.2 Å². The molecule has 2 nitrogen and oxygen atoms in total. The Kier molecular flexibility index (Phi) is 4.69. The number of thioether (sulfide) groups is 1. The Balaban J connectivity index is 1.88. The first-order valence-electron chi connectivity index (χ1n) is 5.92. The lowest BCUT2D eigenvalue weighted by Crippen LogP contribution is -2.17. The van der Waals surface area contributed by atoms with Gasteiger partial charge in [0.25, 0.3) is 0 Å². The molecule has 1 fully saturated rings. The van der Waals surface area contributed by atoms with Crippen molar-refractivity contribution in [3.8, 4) is 0 Å². The molecule has 0 aliphatic carbocycles. The highest BCUT2D eigenvalue weighted by atomic mass is 32.2. The van der Waals surface area contributed by atoms with Crippen molar-refractivity contribution in [3.05, 3.63) is 29.8 Å². The van der Waals surface area contributed by atoms with E-state index < -0.39 is 0 Å². The maximum absolute atomic E-state index is 5.53. The molecule has 2 N–H and O–H groups in total. The highest BCUT2D eigenvalue weighted by molar-refractivity contribution is 8.00. The van der Waals surface area contributed by atoms with Gasteiger partial charge in [0.2, 0.25) is 0 Å². The molecule has 0 saturated carbocycles. The smallest absolute Gasteiger partial charge is 0.0476 e. The van der Waals surface area contributed by atoms with E-state index in [0.717, 1.165) is 31.4 Å². The lowest BCUT2D eigenvalue weighted by atomic mass is 10.2. The maximum atomic E-state index is 5.53. The van der Waals surface area contributed by atoms with Gasteiger partial charge in [0.15, 0.2) is 0 Å². The van der Waals surface area contributed by atoms with Crippen LogP contribution in [0.1, 0.15) is 18.4 Å². The molecule has 1 saturated heterocycles. The van der Waals surface area contributed by atoms with Crippen molar-refractivity contribution in [1.29, 1.82) is 0 Å². The van der Waals surface area contributed by atoms with Crippen molar-refractivity contribution in [3.63, 3.8) is 0 Å². The van der Waals surface area contributed by atoms with Gasteiger partial charge in [-0.25, -0.2) is 0 Å². The minimum absolute atomic E-state index is 0.729. The van der Waals surface area contributed by atoms with Gasteiger partial charge in [-0.05, 0) is 43.5 Å². The van der Waals surface area contributed by atoms with Gasteiger partial charge in [-0.3, -0.25) is 0 Å². The zero-order valence-corrected chi connectivity index (χ0v) is 10.3. The second kappa shape index (κ2) is 6.28. The van der Waals surface area contributed by atoms with Crippen LogP contribution in [0.2, 0.25) is 0 Å². The Labute approximate surface area is 102 Å². The highest BCUT2D eigenvalue weighted by Crippen LogP contribution is 2.29. The van der Waals surface area contributed by atoms with E-state index in [4.69, 9.17) is 10.5 Å². The first-order valence-corrected chi connectivity index (χ1v) is 6.80. The Bertz CT molecular complexity index is 306. The molecule has 0 aromatic heterocycles. The fourth-order valence-electron chi connectivity index (χ4n) is 1.89. The van der Waals surface area contributed by atoms with E-state index in [1.807, 2.05) is 11.8 Å². The van der Waals surface area contributed by atoms with E-state index in [2.05, 4.69) is 24.3 Å². The van der Waals surface area contributed by atoms with E-state index >= 15 is 0 Å². The topological polar surface area (TPSA) is 35.2 Å². The lowest BCUT2D eigenvalue weighted by molar-refractivity contribution is 0.100. The summed E-state index contributed by atoms with van der Waals surface area (Å²) in [6.45, 7) is 2.57. The van der Waals surface area contributed by atoms with Crippen molar-refractivity contribution in [2.45, 2.75) is 29.4 Å². The van der Waals surface area contributed by atoms with Crippen LogP contribution in [0.25, 0.3) is 0 Å². The van der Waals surface area contributed by atoms with Gasteiger partial charge in [-0.1, -0.05) is 12.1 Å². The van der Waals surface area contributed by atoms with Gasteiger partial charge in [-0.15, -0.1) is 11.8 Å². The molecule has 16 heavy (non-hydrogen) atoms. The van der Waals surface area contributed by atoms with Crippen LogP contribution in [0, 0.1) is 0 Å².